The molecule has 0 atom stereocenters. The van der Waals surface area contributed by atoms with Gasteiger partial charge in [-0.15, -0.1) is 0 Å². The first-order valence-corrected chi connectivity index (χ1v) is 10.3. The first-order chi connectivity index (χ1) is 16.9. The number of nitrogens with zero attached hydrogens (tertiary/aromatic N) is 2. The van der Waals surface area contributed by atoms with Crippen LogP contribution in [0.15, 0.2) is 71.8 Å². The third-order valence-electron chi connectivity index (χ3n) is 4.59. The molecule has 0 aliphatic rings. The summed E-state index contributed by atoms with van der Waals surface area (Å²) in [5.41, 5.74) is 3.06. The summed E-state index contributed by atoms with van der Waals surface area (Å²) in [6.45, 7) is 0.178. The van der Waals surface area contributed by atoms with Gasteiger partial charge in [0, 0.05) is 5.69 Å². The van der Waals surface area contributed by atoms with Crippen molar-refractivity contribution >= 4 is 29.4 Å². The Morgan fingerprint density at radius 2 is 1.77 bits per heavy atom. The van der Waals surface area contributed by atoms with Gasteiger partial charge in [-0.3, -0.25) is 19.7 Å². The van der Waals surface area contributed by atoms with Gasteiger partial charge in [-0.25, -0.2) is 9.82 Å². The predicted molar refractivity (Wildman–Crippen MR) is 126 cm³/mol. The number of rotatable bonds is 10. The number of nitro benzene ring substituents is 1. The van der Waals surface area contributed by atoms with Crippen molar-refractivity contribution in [3.05, 3.63) is 93.8 Å². The molecule has 0 aromatic heterocycles. The minimum atomic E-state index is -0.752. The molecule has 11 heteroatoms. The lowest BCUT2D eigenvalue weighted by atomic mass is 10.1. The number of nitro groups is 1. The van der Waals surface area contributed by atoms with Gasteiger partial charge in [-0.1, -0.05) is 30.3 Å². The highest BCUT2D eigenvalue weighted by molar-refractivity contribution is 6.03. The molecule has 0 unspecified atom stereocenters. The Morgan fingerprint density at radius 3 is 2.43 bits per heavy atom. The number of carbonyl (C=O) groups is 2. The van der Waals surface area contributed by atoms with E-state index in [2.05, 4.69) is 15.8 Å². The number of amides is 2. The van der Waals surface area contributed by atoms with Crippen molar-refractivity contribution in [3.63, 3.8) is 0 Å². The van der Waals surface area contributed by atoms with Gasteiger partial charge in [0.1, 0.15) is 18.8 Å². The van der Waals surface area contributed by atoms with E-state index in [-0.39, 0.29) is 29.4 Å². The van der Waals surface area contributed by atoms with Crippen LogP contribution in [0.25, 0.3) is 0 Å². The van der Waals surface area contributed by atoms with Gasteiger partial charge in [0.15, 0.2) is 11.5 Å². The zero-order chi connectivity index (χ0) is 25.2. The molecule has 0 heterocycles. The van der Waals surface area contributed by atoms with E-state index >= 15 is 0 Å². The zero-order valence-corrected chi connectivity index (χ0v) is 18.6. The molecule has 3 rings (SSSR count). The van der Waals surface area contributed by atoms with Crippen LogP contribution in [0.2, 0.25) is 0 Å². The first kappa shape index (κ1) is 24.8. The maximum absolute atomic E-state index is 12.9. The van der Waals surface area contributed by atoms with Gasteiger partial charge in [0.05, 0.1) is 29.9 Å². The molecule has 0 spiro atoms. The lowest BCUT2D eigenvalue weighted by molar-refractivity contribution is -0.385. The van der Waals surface area contributed by atoms with Crippen LogP contribution in [-0.2, 0) is 16.2 Å². The molecule has 0 aliphatic heterocycles. The van der Waals surface area contributed by atoms with Gasteiger partial charge in [-0.2, -0.15) is 5.10 Å². The highest BCUT2D eigenvalue weighted by Gasteiger charge is 2.19. The second kappa shape index (κ2) is 11.9. The number of halogens is 1. The third-order valence-corrected chi connectivity index (χ3v) is 4.59. The molecule has 3 aromatic rings. The Balaban J connectivity index is 1.64. The van der Waals surface area contributed by atoms with Gasteiger partial charge < -0.3 is 14.8 Å². The summed E-state index contributed by atoms with van der Waals surface area (Å²) in [7, 11) is 1.39. The van der Waals surface area contributed by atoms with E-state index in [0.29, 0.717) is 5.69 Å². The van der Waals surface area contributed by atoms with Gasteiger partial charge in [-0.05, 0) is 35.9 Å². The molecular formula is C24H21FN4O6. The quantitative estimate of drug-likeness (QED) is 0.196. The smallest absolute Gasteiger partial charge is 0.282 e. The van der Waals surface area contributed by atoms with Crippen LogP contribution in [0, 0.1) is 15.9 Å². The predicted octanol–water partition coefficient (Wildman–Crippen LogP) is 3.80. The summed E-state index contributed by atoms with van der Waals surface area (Å²) in [5, 5.41) is 17.7. The largest absolute Gasteiger partial charge is 0.493 e. The monoisotopic (exact) mass is 480 g/mol. The fourth-order valence-electron chi connectivity index (χ4n) is 2.93. The van der Waals surface area contributed by atoms with Crippen molar-refractivity contribution < 1.29 is 28.4 Å². The molecule has 0 aliphatic carbocycles. The molecule has 10 nitrogen and oxygen atoms in total. The topological polar surface area (TPSA) is 132 Å². The van der Waals surface area contributed by atoms with E-state index in [9.17, 15) is 24.1 Å². The Morgan fingerprint density at radius 1 is 1.06 bits per heavy atom. The lowest BCUT2D eigenvalue weighted by Gasteiger charge is -2.12. The SMILES string of the molecule is COc1cc(C=NNC(=O)CC(=O)Nc2ccc(F)cc2)c([N+](=O)[O-])cc1OCc1ccccc1. The normalized spacial score (nSPS) is 10.6. The van der Waals surface area contributed by atoms with Gasteiger partial charge in [0.25, 0.3) is 5.69 Å². The number of benzene rings is 3. The number of hydrazone groups is 1. The van der Waals surface area contributed by atoms with Crippen LogP contribution in [0.5, 0.6) is 11.5 Å². The summed E-state index contributed by atoms with van der Waals surface area (Å²) in [4.78, 5) is 34.9. The van der Waals surface area contributed by atoms with Crippen molar-refractivity contribution in [1.82, 2.24) is 5.43 Å². The van der Waals surface area contributed by atoms with Crippen molar-refractivity contribution in [1.29, 1.82) is 0 Å². The van der Waals surface area contributed by atoms with E-state index in [4.69, 9.17) is 9.47 Å². The van der Waals surface area contributed by atoms with E-state index in [1.807, 2.05) is 30.3 Å². The Hall–Kier alpha value is -4.80. The van der Waals surface area contributed by atoms with Crippen LogP contribution in [-0.4, -0.2) is 30.1 Å². The summed E-state index contributed by atoms with van der Waals surface area (Å²) in [5.74, 6) is -1.45. The van der Waals surface area contributed by atoms with Gasteiger partial charge in [0.2, 0.25) is 11.8 Å². The molecule has 2 N–H and O–H groups in total. The minimum Gasteiger partial charge on any atom is -0.493 e. The number of anilines is 1. The van der Waals surface area contributed by atoms with E-state index in [1.165, 1.54) is 43.5 Å². The van der Waals surface area contributed by atoms with Crippen LogP contribution in [0.3, 0.4) is 0 Å². The molecule has 2 amide bonds. The van der Waals surface area contributed by atoms with Crippen LogP contribution >= 0.6 is 0 Å². The van der Waals surface area contributed by atoms with Crippen molar-refractivity contribution in [3.8, 4) is 11.5 Å². The van der Waals surface area contributed by atoms with Crippen molar-refractivity contribution in [2.45, 2.75) is 13.0 Å². The molecule has 0 bridgehead atoms. The molecule has 180 valence electrons. The van der Waals surface area contributed by atoms with Crippen LogP contribution in [0.1, 0.15) is 17.5 Å². The van der Waals surface area contributed by atoms with Crippen LogP contribution in [0.4, 0.5) is 15.8 Å². The fraction of sp³-hybridized carbons (Fsp3) is 0.125. The van der Waals surface area contributed by atoms with Crippen molar-refractivity contribution in [2.75, 3.05) is 12.4 Å². The fourth-order valence-corrected chi connectivity index (χ4v) is 2.93. The average molecular weight is 480 g/mol. The highest BCUT2D eigenvalue weighted by Crippen LogP contribution is 2.34. The first-order valence-electron chi connectivity index (χ1n) is 10.3. The Kier molecular flexibility index (Phi) is 8.43. The number of hydrogen-bond acceptors (Lipinski definition) is 7. The molecule has 3 aromatic carbocycles. The Bertz CT molecular complexity index is 1230. The number of hydrogen-bond donors (Lipinski definition) is 2. The lowest BCUT2D eigenvalue weighted by Crippen LogP contribution is -2.24. The second-order valence-corrected chi connectivity index (χ2v) is 7.12. The standard InChI is InChI=1S/C24H21FN4O6/c1-34-21-11-17(20(29(32)33)12-22(21)35-15-16-5-3-2-4-6-16)14-26-28-24(31)13-23(30)27-19-9-7-18(25)8-10-19/h2-12,14H,13,15H2,1H3,(H,27,30)(H,28,31). The molecular weight excluding hydrogens is 459 g/mol. The van der Waals surface area contributed by atoms with E-state index < -0.39 is 29.0 Å². The Labute approximate surface area is 199 Å². The summed E-state index contributed by atoms with van der Waals surface area (Å²) >= 11 is 0. The van der Waals surface area contributed by atoms with E-state index in [1.54, 1.807) is 0 Å². The molecule has 0 saturated heterocycles. The van der Waals surface area contributed by atoms with E-state index in [0.717, 1.165) is 11.8 Å². The van der Waals surface area contributed by atoms with Crippen LogP contribution < -0.4 is 20.2 Å². The zero-order valence-electron chi connectivity index (χ0n) is 18.6. The molecule has 0 saturated carbocycles. The summed E-state index contributed by atoms with van der Waals surface area (Å²) < 4.78 is 23.9. The number of methoxy groups -OCH3 is 1. The number of ether oxygens (including phenoxy) is 2. The molecule has 0 fully saturated rings. The number of nitrogens with one attached hydrogen (secondary N) is 2. The summed E-state index contributed by atoms with van der Waals surface area (Å²) in [6.07, 6.45) is 0.504. The summed E-state index contributed by atoms with van der Waals surface area (Å²) in [6, 6.07) is 16.9. The molecule has 35 heavy (non-hydrogen) atoms. The second-order valence-electron chi connectivity index (χ2n) is 7.12. The third kappa shape index (κ3) is 7.35. The van der Waals surface area contributed by atoms with Gasteiger partial charge >= 0.3 is 0 Å². The average Bonchev–Trinajstić information content (AvgIpc) is 2.84. The highest BCUT2D eigenvalue weighted by atomic mass is 19.1. The number of carbonyl (C=O) groups excluding carboxylic acids is 2. The van der Waals surface area contributed by atoms with Crippen molar-refractivity contribution in [2.24, 2.45) is 5.10 Å². The minimum absolute atomic E-state index is 0.0509. The maximum atomic E-state index is 12.9. The molecule has 0 radical (unpaired) electrons. The maximum Gasteiger partial charge on any atom is 0.282 e.